The number of ketones is 4. The molecule has 0 amide bonds. The third-order valence-electron chi connectivity index (χ3n) is 7.46. The van der Waals surface area contributed by atoms with Crippen LogP contribution in [0.25, 0.3) is 0 Å². The van der Waals surface area contributed by atoms with Gasteiger partial charge in [0.05, 0.1) is 0 Å². The number of Topliss-reactive ketones (excluding diaryl/α,β-unsaturated/α-hetero) is 4. The van der Waals surface area contributed by atoms with Gasteiger partial charge >= 0.3 is 11.9 Å². The molecular weight excluding hydrogens is 488 g/mol. The molecule has 0 bridgehead atoms. The molecule has 38 heavy (non-hydrogen) atoms. The van der Waals surface area contributed by atoms with Gasteiger partial charge in [0.2, 0.25) is 0 Å². The maximum absolute atomic E-state index is 12.4. The fraction of sp³-hybridized carbons (Fsp3) is 0.533. The molecule has 2 rings (SSSR count). The summed E-state index contributed by atoms with van der Waals surface area (Å²) in [7, 11) is 0. The molecule has 4 atom stereocenters. The number of hydrogen-bond acceptors (Lipinski definition) is 8. The van der Waals surface area contributed by atoms with Gasteiger partial charge in [-0.3, -0.25) is 28.8 Å². The number of rotatable bonds is 10. The second kappa shape index (κ2) is 12.9. The molecule has 0 radical (unpaired) electrons. The van der Waals surface area contributed by atoms with Crippen molar-refractivity contribution in [1.82, 2.24) is 0 Å². The molecule has 8 nitrogen and oxygen atoms in total. The minimum atomic E-state index is -1.57. The zero-order valence-electron chi connectivity index (χ0n) is 23.1. The minimum absolute atomic E-state index is 0.0471. The smallest absolute Gasteiger partial charge is 0.320 e. The first-order chi connectivity index (χ1) is 17.6. The lowest BCUT2D eigenvalue weighted by molar-refractivity contribution is -0.173. The molecular formula is C30H40O8. The molecule has 0 saturated heterocycles. The molecule has 208 valence electrons. The number of carbonyl (C=O) groups excluding carboxylic acids is 6. The predicted octanol–water partition coefficient (Wildman–Crippen LogP) is 4.47. The monoisotopic (exact) mass is 528 g/mol. The Morgan fingerprint density at radius 2 is 0.921 bits per heavy atom. The molecule has 0 spiro atoms. The van der Waals surface area contributed by atoms with E-state index in [0.29, 0.717) is 25.7 Å². The van der Waals surface area contributed by atoms with Gasteiger partial charge in [-0.15, -0.1) is 13.2 Å². The van der Waals surface area contributed by atoms with E-state index in [0.717, 1.165) is 0 Å². The Morgan fingerprint density at radius 3 is 1.18 bits per heavy atom. The highest BCUT2D eigenvalue weighted by molar-refractivity contribution is 6.17. The number of esters is 2. The predicted molar refractivity (Wildman–Crippen MR) is 143 cm³/mol. The summed E-state index contributed by atoms with van der Waals surface area (Å²) < 4.78 is 9.77. The first-order valence-electron chi connectivity index (χ1n) is 12.5. The molecule has 8 heteroatoms. The molecule has 2 unspecified atom stereocenters. The summed E-state index contributed by atoms with van der Waals surface area (Å²) >= 11 is 0. The number of carbonyl (C=O) groups is 6. The Hall–Kier alpha value is -3.42. The van der Waals surface area contributed by atoms with Gasteiger partial charge in [0.25, 0.3) is 0 Å². The number of allylic oxidation sites excluding steroid dienone is 2. The molecule has 0 aliphatic heterocycles. The second-order valence-corrected chi connectivity index (χ2v) is 10.9. The van der Waals surface area contributed by atoms with Crippen molar-refractivity contribution >= 4 is 35.1 Å². The maximum atomic E-state index is 12.4. The van der Waals surface area contributed by atoms with Gasteiger partial charge in [0.15, 0.2) is 11.6 Å². The third-order valence-corrected chi connectivity index (χ3v) is 7.46. The lowest BCUT2D eigenvalue weighted by Gasteiger charge is -2.39. The molecule has 2 fully saturated rings. The minimum Gasteiger partial charge on any atom is -0.461 e. The number of ether oxygens (including phenoxy) is 2. The Morgan fingerprint density at radius 1 is 0.605 bits per heavy atom. The van der Waals surface area contributed by atoms with Crippen molar-refractivity contribution < 1.29 is 38.2 Å². The average molecular weight is 529 g/mol. The van der Waals surface area contributed by atoms with Crippen LogP contribution in [-0.2, 0) is 38.2 Å². The van der Waals surface area contributed by atoms with Crippen LogP contribution in [0.4, 0.5) is 0 Å². The zero-order valence-corrected chi connectivity index (χ0v) is 23.1. The summed E-state index contributed by atoms with van der Waals surface area (Å²) in [4.78, 5) is 73.0. The highest BCUT2D eigenvalue weighted by atomic mass is 16.5. The van der Waals surface area contributed by atoms with Crippen LogP contribution in [0.2, 0.25) is 0 Å². The molecule has 0 N–H and O–H groups in total. The van der Waals surface area contributed by atoms with E-state index in [-0.39, 0.29) is 37.6 Å². The Balaban J connectivity index is 0.000000399. The van der Waals surface area contributed by atoms with E-state index >= 15 is 0 Å². The van der Waals surface area contributed by atoms with Crippen LogP contribution in [0, 0.1) is 21.7 Å². The van der Waals surface area contributed by atoms with Crippen LogP contribution in [0.15, 0.2) is 50.6 Å². The fourth-order valence-corrected chi connectivity index (χ4v) is 4.53. The number of hydrogen-bond donors (Lipinski definition) is 0. The molecule has 0 aromatic heterocycles. The Labute approximate surface area is 225 Å². The van der Waals surface area contributed by atoms with Crippen molar-refractivity contribution in [2.24, 2.45) is 21.7 Å². The maximum Gasteiger partial charge on any atom is 0.320 e. The van der Waals surface area contributed by atoms with Crippen LogP contribution < -0.4 is 0 Å². The second-order valence-electron chi connectivity index (χ2n) is 10.9. The van der Waals surface area contributed by atoms with Crippen molar-refractivity contribution in [3.05, 3.63) is 50.6 Å². The van der Waals surface area contributed by atoms with Crippen molar-refractivity contribution in [3.8, 4) is 0 Å². The Kier molecular flexibility index (Phi) is 11.1. The molecule has 0 aromatic rings. The summed E-state index contributed by atoms with van der Waals surface area (Å²) in [5.41, 5.74) is -4.20. The first kappa shape index (κ1) is 32.6. The van der Waals surface area contributed by atoms with E-state index in [1.54, 1.807) is 12.2 Å². The van der Waals surface area contributed by atoms with Crippen LogP contribution in [0.3, 0.4) is 0 Å². The summed E-state index contributed by atoms with van der Waals surface area (Å²) in [5.74, 6) is -2.24. The van der Waals surface area contributed by atoms with Gasteiger partial charge in [-0.25, -0.2) is 0 Å². The summed E-state index contributed by atoms with van der Waals surface area (Å²) in [6.07, 6.45) is 7.25. The van der Waals surface area contributed by atoms with Crippen molar-refractivity contribution in [3.63, 3.8) is 0 Å². The normalized spacial score (nSPS) is 30.8. The third kappa shape index (κ3) is 6.91. The van der Waals surface area contributed by atoms with Gasteiger partial charge in [-0.2, -0.15) is 0 Å². The van der Waals surface area contributed by atoms with Gasteiger partial charge in [-0.05, 0) is 26.7 Å². The zero-order chi connectivity index (χ0) is 29.4. The van der Waals surface area contributed by atoms with Gasteiger partial charge < -0.3 is 9.47 Å². The van der Waals surface area contributed by atoms with Crippen LogP contribution >= 0.6 is 0 Å². The quantitative estimate of drug-likeness (QED) is 0.231. The highest BCUT2D eigenvalue weighted by Gasteiger charge is 2.57. The van der Waals surface area contributed by atoms with E-state index in [1.165, 1.54) is 26.0 Å². The SMILES string of the molecule is C=CCOC(=O)C1(C)CC(=O)C(C)(C(=O)OCC=C)CC1=O.C=CC[C@]1(C)CC(=O)[C@](C)(CC=C)CC1=O. The van der Waals surface area contributed by atoms with Crippen molar-refractivity contribution in [2.45, 2.75) is 66.2 Å². The standard InChI is InChI=1S/C16H20O6.C14H20O2/c1-5-7-21-13(19)15(3)9-12(18)16(4,10-11(15)17)14(20)22-8-6-2;1-5-7-13(3)9-12(16)14(4,8-6-2)10-11(13)15/h5-6H,1-2,7-10H2,3-4H3;5-6H,1-2,7-10H2,3-4H3/t;13-,14-/m.1/s1. The van der Waals surface area contributed by atoms with Crippen molar-refractivity contribution in [2.75, 3.05) is 13.2 Å². The van der Waals surface area contributed by atoms with Crippen molar-refractivity contribution in [1.29, 1.82) is 0 Å². The molecule has 0 heterocycles. The average Bonchev–Trinajstić information content (AvgIpc) is 2.84. The molecule has 0 aromatic carbocycles. The van der Waals surface area contributed by atoms with Gasteiger partial charge in [0, 0.05) is 36.5 Å². The van der Waals surface area contributed by atoms with E-state index in [1.807, 2.05) is 13.8 Å². The molecule has 2 aliphatic carbocycles. The van der Waals surface area contributed by atoms with E-state index in [2.05, 4.69) is 26.3 Å². The largest absolute Gasteiger partial charge is 0.461 e. The summed E-state index contributed by atoms with van der Waals surface area (Å²) in [6, 6.07) is 0. The van der Waals surface area contributed by atoms with E-state index in [9.17, 15) is 28.8 Å². The van der Waals surface area contributed by atoms with Crippen LogP contribution in [0.5, 0.6) is 0 Å². The first-order valence-corrected chi connectivity index (χ1v) is 12.5. The van der Waals surface area contributed by atoms with Gasteiger partial charge in [-0.1, -0.05) is 51.3 Å². The topological polar surface area (TPSA) is 121 Å². The lowest BCUT2D eigenvalue weighted by atomic mass is 9.61. The highest BCUT2D eigenvalue weighted by Crippen LogP contribution is 2.44. The van der Waals surface area contributed by atoms with Crippen LogP contribution in [-0.4, -0.2) is 48.3 Å². The Bertz CT molecular complexity index is 957. The van der Waals surface area contributed by atoms with E-state index < -0.39 is 45.2 Å². The van der Waals surface area contributed by atoms with Gasteiger partial charge in [0.1, 0.15) is 35.6 Å². The molecule has 2 aliphatic rings. The summed E-state index contributed by atoms with van der Waals surface area (Å²) in [5, 5.41) is 0. The fourth-order valence-electron chi connectivity index (χ4n) is 4.53. The van der Waals surface area contributed by atoms with Crippen LogP contribution in [0.1, 0.15) is 66.2 Å². The lowest BCUT2D eigenvalue weighted by Crippen LogP contribution is -2.53. The molecule has 2 saturated carbocycles. The summed E-state index contributed by atoms with van der Waals surface area (Å²) in [6.45, 7) is 20.5. The van der Waals surface area contributed by atoms with E-state index in [4.69, 9.17) is 9.47 Å².